The quantitative estimate of drug-likeness (QED) is 0.778. The average Bonchev–Trinajstić information content (AvgIpc) is 2.80. The molecule has 0 bridgehead atoms. The third kappa shape index (κ3) is 4.80. The molecular formula is C18H31N3. The van der Waals surface area contributed by atoms with Crippen LogP contribution in [0.2, 0.25) is 0 Å². The standard InChI is InChI=1S/C18H31N3/c1-5-9-19-11-16-7-6-8-17(10-16)13-21-12-15(2)18(14-21)20(3)4/h6-8,10,15,18-19H,5,9,11-14H2,1-4H3. The lowest BCUT2D eigenvalue weighted by molar-refractivity contribution is 0.250. The van der Waals surface area contributed by atoms with E-state index in [4.69, 9.17) is 0 Å². The van der Waals surface area contributed by atoms with E-state index in [2.05, 4.69) is 67.3 Å². The van der Waals surface area contributed by atoms with Gasteiger partial charge in [0.05, 0.1) is 0 Å². The Kier molecular flexibility index (Phi) is 6.22. The van der Waals surface area contributed by atoms with Crippen LogP contribution in [-0.2, 0) is 13.1 Å². The number of nitrogens with zero attached hydrogens (tertiary/aromatic N) is 2. The highest BCUT2D eigenvalue weighted by atomic mass is 15.2. The SMILES string of the molecule is CCCNCc1cccc(CN2CC(C)C(N(C)C)C2)c1. The summed E-state index contributed by atoms with van der Waals surface area (Å²) in [6.45, 7) is 10.1. The molecule has 1 heterocycles. The summed E-state index contributed by atoms with van der Waals surface area (Å²) in [5.74, 6) is 0.759. The smallest absolute Gasteiger partial charge is 0.0254 e. The molecule has 1 aromatic carbocycles. The van der Waals surface area contributed by atoms with Gasteiger partial charge >= 0.3 is 0 Å². The summed E-state index contributed by atoms with van der Waals surface area (Å²) in [7, 11) is 4.40. The Bertz CT molecular complexity index is 430. The van der Waals surface area contributed by atoms with Crippen LogP contribution in [0, 0.1) is 5.92 Å². The van der Waals surface area contributed by atoms with Gasteiger partial charge in [0, 0.05) is 32.2 Å². The maximum absolute atomic E-state index is 3.48. The van der Waals surface area contributed by atoms with Crippen LogP contribution in [0.5, 0.6) is 0 Å². The highest BCUT2D eigenvalue weighted by Gasteiger charge is 2.30. The summed E-state index contributed by atoms with van der Waals surface area (Å²) in [6.07, 6.45) is 1.19. The molecule has 0 radical (unpaired) electrons. The van der Waals surface area contributed by atoms with Crippen LogP contribution in [0.25, 0.3) is 0 Å². The minimum absolute atomic E-state index is 0.694. The van der Waals surface area contributed by atoms with Gasteiger partial charge in [-0.1, -0.05) is 38.1 Å². The van der Waals surface area contributed by atoms with Crippen LogP contribution in [-0.4, -0.2) is 49.6 Å². The molecular weight excluding hydrogens is 258 g/mol. The summed E-state index contributed by atoms with van der Waals surface area (Å²) in [5.41, 5.74) is 2.84. The third-order valence-electron chi connectivity index (χ3n) is 4.47. The maximum Gasteiger partial charge on any atom is 0.0254 e. The van der Waals surface area contributed by atoms with Crippen molar-refractivity contribution in [2.45, 2.75) is 39.4 Å². The van der Waals surface area contributed by atoms with E-state index in [-0.39, 0.29) is 0 Å². The average molecular weight is 289 g/mol. The molecule has 2 unspecified atom stereocenters. The Morgan fingerprint density at radius 3 is 2.67 bits per heavy atom. The van der Waals surface area contributed by atoms with Gasteiger partial charge in [0.1, 0.15) is 0 Å². The van der Waals surface area contributed by atoms with Crippen molar-refractivity contribution in [1.29, 1.82) is 0 Å². The van der Waals surface area contributed by atoms with Crippen molar-refractivity contribution in [2.24, 2.45) is 5.92 Å². The van der Waals surface area contributed by atoms with Crippen molar-refractivity contribution < 1.29 is 0 Å². The summed E-state index contributed by atoms with van der Waals surface area (Å²) >= 11 is 0. The van der Waals surface area contributed by atoms with Gasteiger partial charge < -0.3 is 10.2 Å². The zero-order chi connectivity index (χ0) is 15.2. The first-order chi connectivity index (χ1) is 10.1. The van der Waals surface area contributed by atoms with E-state index in [9.17, 15) is 0 Å². The number of nitrogens with one attached hydrogen (secondary N) is 1. The molecule has 3 nitrogen and oxygen atoms in total. The second kappa shape index (κ2) is 7.92. The topological polar surface area (TPSA) is 18.5 Å². The van der Waals surface area contributed by atoms with Crippen molar-refractivity contribution >= 4 is 0 Å². The van der Waals surface area contributed by atoms with Crippen molar-refractivity contribution in [3.8, 4) is 0 Å². The Balaban J connectivity index is 1.90. The monoisotopic (exact) mass is 289 g/mol. The number of likely N-dealkylation sites (tertiary alicyclic amines) is 1. The van der Waals surface area contributed by atoms with Gasteiger partial charge in [-0.15, -0.1) is 0 Å². The molecule has 1 aliphatic heterocycles. The number of benzene rings is 1. The molecule has 0 aromatic heterocycles. The fraction of sp³-hybridized carbons (Fsp3) is 0.667. The van der Waals surface area contributed by atoms with E-state index in [1.54, 1.807) is 0 Å². The summed E-state index contributed by atoms with van der Waals surface area (Å²) in [5, 5.41) is 3.48. The van der Waals surface area contributed by atoms with Gasteiger partial charge in [-0.25, -0.2) is 0 Å². The van der Waals surface area contributed by atoms with E-state index in [1.165, 1.54) is 30.6 Å². The first kappa shape index (κ1) is 16.5. The Morgan fingerprint density at radius 2 is 2.00 bits per heavy atom. The molecule has 1 aliphatic rings. The summed E-state index contributed by atoms with van der Waals surface area (Å²) < 4.78 is 0. The van der Waals surface area contributed by atoms with Crippen molar-refractivity contribution in [2.75, 3.05) is 33.7 Å². The molecule has 1 fully saturated rings. The molecule has 0 spiro atoms. The van der Waals surface area contributed by atoms with Crippen molar-refractivity contribution in [3.63, 3.8) is 0 Å². The van der Waals surface area contributed by atoms with Crippen LogP contribution in [0.3, 0.4) is 0 Å². The first-order valence-electron chi connectivity index (χ1n) is 8.27. The van der Waals surface area contributed by atoms with E-state index >= 15 is 0 Å². The molecule has 21 heavy (non-hydrogen) atoms. The number of hydrogen-bond acceptors (Lipinski definition) is 3. The summed E-state index contributed by atoms with van der Waals surface area (Å²) in [4.78, 5) is 4.96. The zero-order valence-corrected chi connectivity index (χ0v) is 14.1. The van der Waals surface area contributed by atoms with Crippen molar-refractivity contribution in [3.05, 3.63) is 35.4 Å². The van der Waals surface area contributed by atoms with Gasteiger partial charge in [0.2, 0.25) is 0 Å². The second-order valence-electron chi connectivity index (χ2n) is 6.70. The Morgan fingerprint density at radius 1 is 1.24 bits per heavy atom. The molecule has 1 aromatic rings. The summed E-state index contributed by atoms with van der Waals surface area (Å²) in [6, 6.07) is 9.73. The zero-order valence-electron chi connectivity index (χ0n) is 14.1. The minimum atomic E-state index is 0.694. The number of rotatable bonds is 7. The lowest BCUT2D eigenvalue weighted by atomic mass is 10.1. The van der Waals surface area contributed by atoms with Crippen LogP contribution in [0.4, 0.5) is 0 Å². The van der Waals surface area contributed by atoms with Gasteiger partial charge in [-0.3, -0.25) is 4.90 Å². The van der Waals surface area contributed by atoms with Gasteiger partial charge in [-0.2, -0.15) is 0 Å². The molecule has 3 heteroatoms. The fourth-order valence-electron chi connectivity index (χ4n) is 3.35. The third-order valence-corrected chi connectivity index (χ3v) is 4.47. The predicted molar refractivity (Wildman–Crippen MR) is 90.4 cm³/mol. The van der Waals surface area contributed by atoms with E-state index in [1.807, 2.05) is 0 Å². The molecule has 2 atom stereocenters. The number of hydrogen-bond donors (Lipinski definition) is 1. The van der Waals surface area contributed by atoms with Crippen LogP contribution in [0.15, 0.2) is 24.3 Å². The normalized spacial score (nSPS) is 23.1. The minimum Gasteiger partial charge on any atom is -0.313 e. The highest BCUT2D eigenvalue weighted by Crippen LogP contribution is 2.22. The predicted octanol–water partition coefficient (Wildman–Crippen LogP) is 2.57. The fourth-order valence-corrected chi connectivity index (χ4v) is 3.35. The maximum atomic E-state index is 3.48. The molecule has 1 N–H and O–H groups in total. The molecule has 0 saturated carbocycles. The van der Waals surface area contributed by atoms with E-state index < -0.39 is 0 Å². The van der Waals surface area contributed by atoms with Gasteiger partial charge in [0.15, 0.2) is 0 Å². The van der Waals surface area contributed by atoms with E-state index in [0.717, 1.165) is 25.6 Å². The first-order valence-corrected chi connectivity index (χ1v) is 8.27. The Labute approximate surface area is 130 Å². The molecule has 0 aliphatic carbocycles. The van der Waals surface area contributed by atoms with Crippen LogP contribution in [0.1, 0.15) is 31.4 Å². The highest BCUT2D eigenvalue weighted by molar-refractivity contribution is 5.23. The van der Waals surface area contributed by atoms with Gasteiger partial charge in [0.25, 0.3) is 0 Å². The second-order valence-corrected chi connectivity index (χ2v) is 6.70. The Hall–Kier alpha value is -0.900. The van der Waals surface area contributed by atoms with Gasteiger partial charge in [-0.05, 0) is 44.1 Å². The molecule has 1 saturated heterocycles. The lowest BCUT2D eigenvalue weighted by Gasteiger charge is -2.22. The largest absolute Gasteiger partial charge is 0.313 e. The molecule has 118 valence electrons. The van der Waals surface area contributed by atoms with Crippen LogP contribution >= 0.6 is 0 Å². The lowest BCUT2D eigenvalue weighted by Crippen LogP contribution is -2.34. The van der Waals surface area contributed by atoms with Crippen LogP contribution < -0.4 is 5.32 Å². The van der Waals surface area contributed by atoms with Crippen molar-refractivity contribution in [1.82, 2.24) is 15.1 Å². The molecule has 2 rings (SSSR count). The van der Waals surface area contributed by atoms with E-state index in [0.29, 0.717) is 6.04 Å². The number of likely N-dealkylation sites (N-methyl/N-ethyl adjacent to an activating group) is 1. The molecule has 0 amide bonds.